The summed E-state index contributed by atoms with van der Waals surface area (Å²) in [6, 6.07) is 13.9. The molecule has 0 atom stereocenters. The summed E-state index contributed by atoms with van der Waals surface area (Å²) in [4.78, 5) is 4.25. The van der Waals surface area contributed by atoms with Crippen LogP contribution in [0.3, 0.4) is 0 Å². The van der Waals surface area contributed by atoms with E-state index in [0.29, 0.717) is 11.7 Å². The Morgan fingerprint density at radius 3 is 2.39 bits per heavy atom. The van der Waals surface area contributed by atoms with Crippen molar-refractivity contribution >= 4 is 9.84 Å². The Labute approximate surface area is 183 Å². The van der Waals surface area contributed by atoms with Gasteiger partial charge in [0, 0.05) is 30.1 Å². The molecule has 0 aliphatic heterocycles. The number of hydrogen-bond acceptors (Lipinski definition) is 6. The SMILES string of the molecule is CCc1ccc(-n2c(CS(C)(=O)=O)nnc2[C@H]2CC[C@H](Oc3ccccn3)CC2)cc1. The number of pyridine rings is 1. The minimum absolute atomic E-state index is 0.127. The Morgan fingerprint density at radius 1 is 1.03 bits per heavy atom. The summed E-state index contributed by atoms with van der Waals surface area (Å²) in [5.74, 6) is 2.02. The van der Waals surface area contributed by atoms with Gasteiger partial charge in [0.25, 0.3) is 0 Å². The number of aryl methyl sites for hydroxylation is 1. The molecule has 164 valence electrons. The number of hydrogen-bond donors (Lipinski definition) is 0. The van der Waals surface area contributed by atoms with Crippen molar-refractivity contribution in [3.63, 3.8) is 0 Å². The molecule has 3 aromatic rings. The first-order valence-corrected chi connectivity index (χ1v) is 12.8. The molecule has 4 rings (SSSR count). The topological polar surface area (TPSA) is 87.0 Å². The largest absolute Gasteiger partial charge is 0.474 e. The zero-order valence-electron chi connectivity index (χ0n) is 17.9. The lowest BCUT2D eigenvalue weighted by atomic mass is 9.86. The summed E-state index contributed by atoms with van der Waals surface area (Å²) < 4.78 is 31.9. The van der Waals surface area contributed by atoms with Crippen molar-refractivity contribution in [3.8, 4) is 11.6 Å². The van der Waals surface area contributed by atoms with Crippen molar-refractivity contribution in [1.82, 2.24) is 19.7 Å². The van der Waals surface area contributed by atoms with Gasteiger partial charge in [-0.3, -0.25) is 4.57 Å². The molecule has 1 aromatic carbocycles. The van der Waals surface area contributed by atoms with Crippen molar-refractivity contribution < 1.29 is 13.2 Å². The molecule has 0 saturated heterocycles. The Hall–Kier alpha value is -2.74. The van der Waals surface area contributed by atoms with Crippen molar-refractivity contribution in [2.24, 2.45) is 0 Å². The van der Waals surface area contributed by atoms with E-state index in [1.165, 1.54) is 11.8 Å². The third kappa shape index (κ3) is 5.31. The summed E-state index contributed by atoms with van der Waals surface area (Å²) in [5.41, 5.74) is 2.14. The van der Waals surface area contributed by atoms with E-state index in [-0.39, 0.29) is 17.8 Å². The fourth-order valence-corrected chi connectivity index (χ4v) is 4.77. The normalized spacial score (nSPS) is 19.3. The molecule has 0 radical (unpaired) electrons. The van der Waals surface area contributed by atoms with E-state index in [9.17, 15) is 8.42 Å². The van der Waals surface area contributed by atoms with Gasteiger partial charge >= 0.3 is 0 Å². The molecule has 0 spiro atoms. The van der Waals surface area contributed by atoms with Gasteiger partial charge in [-0.1, -0.05) is 25.1 Å². The van der Waals surface area contributed by atoms with Crippen LogP contribution < -0.4 is 4.74 Å². The zero-order valence-corrected chi connectivity index (χ0v) is 18.8. The molecular formula is C23H28N4O3S. The van der Waals surface area contributed by atoms with Crippen LogP contribution in [-0.4, -0.2) is 40.5 Å². The Morgan fingerprint density at radius 2 is 1.77 bits per heavy atom. The molecule has 7 nitrogen and oxygen atoms in total. The highest BCUT2D eigenvalue weighted by molar-refractivity contribution is 7.89. The molecule has 1 saturated carbocycles. The first-order chi connectivity index (χ1) is 14.9. The highest BCUT2D eigenvalue weighted by atomic mass is 32.2. The Kier molecular flexibility index (Phi) is 6.36. The lowest BCUT2D eigenvalue weighted by Crippen LogP contribution is -2.25. The smallest absolute Gasteiger partial charge is 0.213 e. The lowest BCUT2D eigenvalue weighted by Gasteiger charge is -2.28. The Balaban J connectivity index is 1.56. The number of rotatable bonds is 7. The van der Waals surface area contributed by atoms with Crippen LogP contribution in [-0.2, 0) is 22.0 Å². The van der Waals surface area contributed by atoms with Crippen LogP contribution in [0.2, 0.25) is 0 Å². The maximum Gasteiger partial charge on any atom is 0.213 e. The van der Waals surface area contributed by atoms with Crippen LogP contribution in [0, 0.1) is 0 Å². The highest BCUT2D eigenvalue weighted by Gasteiger charge is 2.29. The minimum atomic E-state index is -3.23. The molecule has 0 bridgehead atoms. The first-order valence-electron chi connectivity index (χ1n) is 10.7. The molecule has 0 N–H and O–H groups in total. The highest BCUT2D eigenvalue weighted by Crippen LogP contribution is 2.35. The molecular weight excluding hydrogens is 412 g/mol. The predicted octanol–water partition coefficient (Wildman–Crippen LogP) is 3.87. The molecule has 2 heterocycles. The van der Waals surface area contributed by atoms with E-state index in [1.807, 2.05) is 34.9 Å². The third-order valence-electron chi connectivity index (χ3n) is 5.71. The second-order valence-electron chi connectivity index (χ2n) is 8.16. The van der Waals surface area contributed by atoms with Crippen LogP contribution in [0.15, 0.2) is 48.7 Å². The second kappa shape index (κ2) is 9.18. The molecule has 0 amide bonds. The van der Waals surface area contributed by atoms with Crippen molar-refractivity contribution in [1.29, 1.82) is 0 Å². The van der Waals surface area contributed by atoms with Crippen LogP contribution in [0.5, 0.6) is 5.88 Å². The summed E-state index contributed by atoms with van der Waals surface area (Å²) >= 11 is 0. The average Bonchev–Trinajstić information content (AvgIpc) is 3.17. The molecule has 1 fully saturated rings. The summed E-state index contributed by atoms with van der Waals surface area (Å²) in [5, 5.41) is 8.72. The molecule has 2 aromatic heterocycles. The van der Waals surface area contributed by atoms with Crippen LogP contribution in [0.1, 0.15) is 55.7 Å². The van der Waals surface area contributed by atoms with Gasteiger partial charge in [-0.05, 0) is 55.9 Å². The monoisotopic (exact) mass is 440 g/mol. The number of benzene rings is 1. The number of ether oxygens (including phenoxy) is 1. The van der Waals surface area contributed by atoms with E-state index in [0.717, 1.165) is 43.6 Å². The Bertz CT molecular complexity index is 1100. The van der Waals surface area contributed by atoms with Crippen molar-refractivity contribution in [2.75, 3.05) is 6.26 Å². The van der Waals surface area contributed by atoms with Gasteiger partial charge in [0.2, 0.25) is 5.88 Å². The van der Waals surface area contributed by atoms with Crippen molar-refractivity contribution in [2.45, 2.75) is 56.8 Å². The number of aromatic nitrogens is 4. The molecule has 31 heavy (non-hydrogen) atoms. The number of nitrogens with zero attached hydrogens (tertiary/aromatic N) is 4. The fraction of sp³-hybridized carbons (Fsp3) is 0.435. The predicted molar refractivity (Wildman–Crippen MR) is 119 cm³/mol. The van der Waals surface area contributed by atoms with Crippen LogP contribution >= 0.6 is 0 Å². The fourth-order valence-electron chi connectivity index (χ4n) is 4.11. The summed E-state index contributed by atoms with van der Waals surface area (Å²) in [7, 11) is -3.23. The average molecular weight is 441 g/mol. The maximum absolute atomic E-state index is 12.0. The van der Waals surface area contributed by atoms with Gasteiger partial charge < -0.3 is 4.74 Å². The second-order valence-corrected chi connectivity index (χ2v) is 10.3. The molecule has 1 aliphatic carbocycles. The molecule has 0 unspecified atom stereocenters. The van der Waals surface area contributed by atoms with Crippen molar-refractivity contribution in [3.05, 3.63) is 65.9 Å². The van der Waals surface area contributed by atoms with E-state index in [4.69, 9.17) is 4.74 Å². The summed E-state index contributed by atoms with van der Waals surface area (Å²) in [6.07, 6.45) is 7.63. The van der Waals surface area contributed by atoms with E-state index < -0.39 is 9.84 Å². The van der Waals surface area contributed by atoms with Crippen LogP contribution in [0.4, 0.5) is 0 Å². The molecule has 1 aliphatic rings. The quantitative estimate of drug-likeness (QED) is 0.554. The molecule has 8 heteroatoms. The van der Waals surface area contributed by atoms with E-state index in [1.54, 1.807) is 6.20 Å². The standard InChI is InChI=1S/C23H28N4O3S/c1-3-17-7-11-19(12-8-17)27-21(16-31(2,28)29)25-26-23(27)18-9-13-20(14-10-18)30-22-6-4-5-15-24-22/h4-8,11-12,15,18,20H,3,9-10,13-14,16H2,1-2H3/t18-,20-. The van der Waals surface area contributed by atoms with Gasteiger partial charge in [-0.2, -0.15) is 0 Å². The van der Waals surface area contributed by atoms with E-state index in [2.05, 4.69) is 34.2 Å². The van der Waals surface area contributed by atoms with Gasteiger partial charge in [0.05, 0.1) is 0 Å². The van der Waals surface area contributed by atoms with Gasteiger partial charge in [-0.25, -0.2) is 13.4 Å². The number of sulfone groups is 1. The van der Waals surface area contributed by atoms with Gasteiger partial charge in [0.15, 0.2) is 15.7 Å². The van der Waals surface area contributed by atoms with E-state index >= 15 is 0 Å². The van der Waals surface area contributed by atoms with Crippen LogP contribution in [0.25, 0.3) is 5.69 Å². The maximum atomic E-state index is 12.0. The zero-order chi connectivity index (χ0) is 21.8. The van der Waals surface area contributed by atoms with Gasteiger partial charge in [0.1, 0.15) is 17.7 Å². The lowest BCUT2D eigenvalue weighted by molar-refractivity contribution is 0.139. The first kappa shape index (κ1) is 21.5. The summed E-state index contributed by atoms with van der Waals surface area (Å²) in [6.45, 7) is 2.11. The van der Waals surface area contributed by atoms with Gasteiger partial charge in [-0.15, -0.1) is 10.2 Å². The minimum Gasteiger partial charge on any atom is -0.474 e. The third-order valence-corrected chi connectivity index (χ3v) is 6.50.